The Morgan fingerprint density at radius 2 is 2.11 bits per heavy atom. The molecule has 1 heterocycles. The van der Waals surface area contributed by atoms with Crippen molar-refractivity contribution in [1.29, 1.82) is 0 Å². The summed E-state index contributed by atoms with van der Waals surface area (Å²) in [6.07, 6.45) is -3.33. The third kappa shape index (κ3) is 4.61. The highest BCUT2D eigenvalue weighted by molar-refractivity contribution is 9.10. The first kappa shape index (κ1) is 14.9. The second-order valence-corrected chi connectivity index (χ2v) is 4.25. The highest BCUT2D eigenvalue weighted by atomic mass is 79.9. The second kappa shape index (κ2) is 6.14. The molecule has 0 aromatic carbocycles. The summed E-state index contributed by atoms with van der Waals surface area (Å²) >= 11 is 3.06. The quantitative estimate of drug-likeness (QED) is 0.859. The fourth-order valence-corrected chi connectivity index (χ4v) is 1.51. The molecule has 0 atom stereocenters. The van der Waals surface area contributed by atoms with Crippen LogP contribution in [0.4, 0.5) is 13.2 Å². The third-order valence-corrected chi connectivity index (χ3v) is 2.47. The number of pyridine rings is 1. The van der Waals surface area contributed by atoms with Crippen molar-refractivity contribution in [2.24, 2.45) is 0 Å². The summed E-state index contributed by atoms with van der Waals surface area (Å²) in [5, 5.41) is 8.69. The van der Waals surface area contributed by atoms with Crippen molar-refractivity contribution in [2.75, 3.05) is 19.7 Å². The van der Waals surface area contributed by atoms with Gasteiger partial charge >= 0.3 is 6.18 Å². The van der Waals surface area contributed by atoms with Crippen LogP contribution in [0.3, 0.4) is 0 Å². The number of amides is 1. The standard InChI is InChI=1S/C10H10BrF3N2O2/c11-8-2-1-7(5-15-8)9(18)16(3-4-17)6-10(12,13)14/h1-2,5,17H,3-4,6H2. The van der Waals surface area contributed by atoms with Gasteiger partial charge in [-0.2, -0.15) is 13.2 Å². The molecule has 1 N–H and O–H groups in total. The molecule has 0 unspecified atom stereocenters. The summed E-state index contributed by atoms with van der Waals surface area (Å²) in [4.78, 5) is 16.1. The minimum Gasteiger partial charge on any atom is -0.395 e. The molecule has 0 spiro atoms. The molecule has 0 aliphatic heterocycles. The van der Waals surface area contributed by atoms with E-state index in [2.05, 4.69) is 20.9 Å². The van der Waals surface area contributed by atoms with Crippen molar-refractivity contribution in [2.45, 2.75) is 6.18 Å². The number of aromatic nitrogens is 1. The fraction of sp³-hybridized carbons (Fsp3) is 0.400. The van der Waals surface area contributed by atoms with Crippen LogP contribution in [-0.2, 0) is 0 Å². The Balaban J connectivity index is 2.85. The fourth-order valence-electron chi connectivity index (χ4n) is 1.27. The summed E-state index contributed by atoms with van der Waals surface area (Å²) in [6.45, 7) is -2.32. The van der Waals surface area contributed by atoms with Crippen LogP contribution in [0.5, 0.6) is 0 Å². The van der Waals surface area contributed by atoms with E-state index >= 15 is 0 Å². The molecular formula is C10H10BrF3N2O2. The average Bonchev–Trinajstić information content (AvgIpc) is 2.27. The summed E-state index contributed by atoms with van der Waals surface area (Å²) in [7, 11) is 0. The smallest absolute Gasteiger partial charge is 0.395 e. The number of hydrogen-bond donors (Lipinski definition) is 1. The zero-order valence-corrected chi connectivity index (χ0v) is 10.7. The van der Waals surface area contributed by atoms with Crippen molar-refractivity contribution >= 4 is 21.8 Å². The van der Waals surface area contributed by atoms with Crippen molar-refractivity contribution in [3.63, 3.8) is 0 Å². The predicted octanol–water partition coefficient (Wildman–Crippen LogP) is 1.84. The van der Waals surface area contributed by atoms with Crippen molar-refractivity contribution < 1.29 is 23.1 Å². The van der Waals surface area contributed by atoms with Gasteiger partial charge in [0.25, 0.3) is 5.91 Å². The Kier molecular flexibility index (Phi) is 5.09. The largest absolute Gasteiger partial charge is 0.406 e. The van der Waals surface area contributed by atoms with E-state index in [0.717, 1.165) is 0 Å². The topological polar surface area (TPSA) is 53.4 Å². The van der Waals surface area contributed by atoms with Crippen LogP contribution in [0.15, 0.2) is 22.9 Å². The number of halogens is 4. The highest BCUT2D eigenvalue weighted by Gasteiger charge is 2.33. The monoisotopic (exact) mass is 326 g/mol. The number of hydrogen-bond acceptors (Lipinski definition) is 3. The van der Waals surface area contributed by atoms with E-state index in [-0.39, 0.29) is 12.1 Å². The third-order valence-electron chi connectivity index (χ3n) is 2.00. The molecule has 1 aromatic rings. The molecule has 1 amide bonds. The Morgan fingerprint density at radius 1 is 1.44 bits per heavy atom. The molecule has 0 saturated heterocycles. The lowest BCUT2D eigenvalue weighted by atomic mass is 10.2. The highest BCUT2D eigenvalue weighted by Crippen LogP contribution is 2.18. The van der Waals surface area contributed by atoms with E-state index in [1.165, 1.54) is 18.3 Å². The van der Waals surface area contributed by atoms with Crippen molar-refractivity contribution in [1.82, 2.24) is 9.88 Å². The molecule has 1 rings (SSSR count). The van der Waals surface area contributed by atoms with E-state index in [1.54, 1.807) is 0 Å². The van der Waals surface area contributed by atoms with E-state index < -0.39 is 25.2 Å². The van der Waals surface area contributed by atoms with E-state index in [1.807, 2.05) is 0 Å². The molecule has 4 nitrogen and oxygen atoms in total. The SMILES string of the molecule is O=C(c1ccc(Br)nc1)N(CCO)CC(F)(F)F. The normalized spacial score (nSPS) is 11.4. The van der Waals surface area contributed by atoms with Gasteiger partial charge in [0.1, 0.15) is 11.1 Å². The van der Waals surface area contributed by atoms with Crippen LogP contribution in [0.2, 0.25) is 0 Å². The molecule has 0 bridgehead atoms. The molecule has 0 radical (unpaired) electrons. The zero-order chi connectivity index (χ0) is 13.8. The van der Waals surface area contributed by atoms with Gasteiger partial charge in [-0.05, 0) is 28.1 Å². The first-order chi connectivity index (χ1) is 8.33. The van der Waals surface area contributed by atoms with Gasteiger partial charge in [0.15, 0.2) is 0 Å². The van der Waals surface area contributed by atoms with Crippen LogP contribution in [-0.4, -0.2) is 46.8 Å². The minimum atomic E-state index is -4.51. The summed E-state index contributed by atoms with van der Waals surface area (Å²) in [6, 6.07) is 2.82. The maximum Gasteiger partial charge on any atom is 0.406 e. The van der Waals surface area contributed by atoms with Crippen LogP contribution >= 0.6 is 15.9 Å². The van der Waals surface area contributed by atoms with Gasteiger partial charge < -0.3 is 10.0 Å². The Labute approximate surface area is 110 Å². The van der Waals surface area contributed by atoms with E-state index in [9.17, 15) is 18.0 Å². The molecule has 1 aromatic heterocycles. The van der Waals surface area contributed by atoms with E-state index in [0.29, 0.717) is 9.50 Å². The van der Waals surface area contributed by atoms with Crippen LogP contribution in [0.1, 0.15) is 10.4 Å². The van der Waals surface area contributed by atoms with Gasteiger partial charge in [-0.25, -0.2) is 4.98 Å². The van der Waals surface area contributed by atoms with Gasteiger partial charge in [-0.15, -0.1) is 0 Å². The predicted molar refractivity (Wildman–Crippen MR) is 61.0 cm³/mol. The maximum atomic E-state index is 12.3. The van der Waals surface area contributed by atoms with E-state index in [4.69, 9.17) is 5.11 Å². The summed E-state index contributed by atoms with van der Waals surface area (Å²) < 4.78 is 37.3. The second-order valence-electron chi connectivity index (χ2n) is 3.44. The Bertz CT molecular complexity index is 409. The van der Waals surface area contributed by atoms with Crippen molar-refractivity contribution in [3.05, 3.63) is 28.5 Å². The number of carbonyl (C=O) groups is 1. The number of rotatable bonds is 4. The van der Waals surface area contributed by atoms with Gasteiger partial charge in [-0.3, -0.25) is 4.79 Å². The van der Waals surface area contributed by atoms with Crippen molar-refractivity contribution in [3.8, 4) is 0 Å². The Hall–Kier alpha value is -1.15. The number of alkyl halides is 3. The summed E-state index contributed by atoms with van der Waals surface area (Å²) in [5.74, 6) is -0.818. The first-order valence-corrected chi connectivity index (χ1v) is 5.71. The number of aliphatic hydroxyl groups is 1. The molecule has 100 valence electrons. The molecule has 0 aliphatic rings. The molecular weight excluding hydrogens is 317 g/mol. The molecule has 0 fully saturated rings. The lowest BCUT2D eigenvalue weighted by molar-refractivity contribution is -0.141. The molecule has 18 heavy (non-hydrogen) atoms. The lowest BCUT2D eigenvalue weighted by Gasteiger charge is -2.22. The average molecular weight is 327 g/mol. The zero-order valence-electron chi connectivity index (χ0n) is 9.12. The van der Waals surface area contributed by atoms with Gasteiger partial charge in [0, 0.05) is 12.7 Å². The first-order valence-electron chi connectivity index (χ1n) is 4.92. The van der Waals surface area contributed by atoms with Crippen LogP contribution in [0, 0.1) is 0 Å². The molecule has 8 heteroatoms. The Morgan fingerprint density at radius 3 is 2.56 bits per heavy atom. The number of nitrogens with zero attached hydrogens (tertiary/aromatic N) is 2. The molecule has 0 saturated carbocycles. The van der Waals surface area contributed by atoms with Gasteiger partial charge in [-0.1, -0.05) is 0 Å². The molecule has 0 aliphatic carbocycles. The van der Waals surface area contributed by atoms with Crippen LogP contribution in [0.25, 0.3) is 0 Å². The number of aliphatic hydroxyl groups excluding tert-OH is 1. The minimum absolute atomic E-state index is 0.0379. The number of carbonyl (C=O) groups excluding carboxylic acids is 1. The van der Waals surface area contributed by atoms with Crippen LogP contribution < -0.4 is 0 Å². The lowest BCUT2D eigenvalue weighted by Crippen LogP contribution is -2.40. The maximum absolute atomic E-state index is 12.3. The van der Waals surface area contributed by atoms with Gasteiger partial charge in [0.05, 0.1) is 12.2 Å². The van der Waals surface area contributed by atoms with Gasteiger partial charge in [0.2, 0.25) is 0 Å². The summed E-state index contributed by atoms with van der Waals surface area (Å²) in [5.41, 5.74) is 0.0379.